The number of carbonyl (C=O) groups is 1. The van der Waals surface area contributed by atoms with Gasteiger partial charge in [0.15, 0.2) is 14.9 Å². The maximum Gasteiger partial charge on any atom is 0.222 e. The predicted octanol–water partition coefficient (Wildman–Crippen LogP) is 3.48. The second-order valence-electron chi connectivity index (χ2n) is 10.9. The van der Waals surface area contributed by atoms with Gasteiger partial charge in [0, 0.05) is 68.4 Å². The van der Waals surface area contributed by atoms with Crippen LogP contribution in [0, 0.1) is 0 Å². The fourth-order valence-electron chi connectivity index (χ4n) is 5.29. The number of amides is 1. The smallest absolute Gasteiger partial charge is 0.222 e. The zero-order valence-electron chi connectivity index (χ0n) is 24.5. The van der Waals surface area contributed by atoms with Gasteiger partial charge in [0.25, 0.3) is 0 Å². The first-order chi connectivity index (χ1) is 20.0. The highest BCUT2D eigenvalue weighted by Gasteiger charge is 2.24. The molecule has 0 unspecified atom stereocenters. The van der Waals surface area contributed by atoms with Crippen LogP contribution < -0.4 is 20.4 Å². The van der Waals surface area contributed by atoms with Crippen LogP contribution in [-0.2, 0) is 24.1 Å². The standard InChI is InChI=1S/C29H37N7O5S/c1-18-17-40-9-8-36(18)23-10-28(34-29(11-23)42(5,38)39)33-26-12-27(32-21(4)37)31-14-24(26)25-7-6-22(13-30-25)35-15-19(2)41-20(3)16-35/h6-7,10-14,18-20H,8-9,15-17H2,1-5H3,(H2,31,32,33,34,37)/t18-,19-,20+/m0/s1. The molecule has 5 rings (SSSR count). The molecule has 1 amide bonds. The molecular weight excluding hydrogens is 558 g/mol. The lowest BCUT2D eigenvalue weighted by atomic mass is 10.1. The Balaban J connectivity index is 1.52. The number of pyridine rings is 3. The van der Waals surface area contributed by atoms with Crippen LogP contribution in [0.4, 0.5) is 28.7 Å². The number of aromatic nitrogens is 3. The van der Waals surface area contributed by atoms with Crippen molar-refractivity contribution in [1.82, 2.24) is 15.0 Å². The van der Waals surface area contributed by atoms with Crippen molar-refractivity contribution >= 4 is 44.4 Å². The zero-order chi connectivity index (χ0) is 30.0. The molecule has 2 fully saturated rings. The van der Waals surface area contributed by atoms with Crippen molar-refractivity contribution in [3.8, 4) is 11.3 Å². The van der Waals surface area contributed by atoms with E-state index in [1.807, 2.05) is 31.3 Å². The summed E-state index contributed by atoms with van der Waals surface area (Å²) in [6.07, 6.45) is 4.83. The number of anilines is 5. The maximum absolute atomic E-state index is 12.6. The molecular formula is C29H37N7O5S. The number of sulfone groups is 1. The van der Waals surface area contributed by atoms with E-state index in [4.69, 9.17) is 14.5 Å². The zero-order valence-corrected chi connectivity index (χ0v) is 25.3. The van der Waals surface area contributed by atoms with Gasteiger partial charge in [-0.05, 0) is 39.0 Å². The lowest BCUT2D eigenvalue weighted by Gasteiger charge is -2.36. The Hall–Kier alpha value is -3.81. The number of rotatable bonds is 7. The quantitative estimate of drug-likeness (QED) is 0.415. The number of ether oxygens (including phenoxy) is 2. The van der Waals surface area contributed by atoms with Gasteiger partial charge in [-0.2, -0.15) is 0 Å². The third-order valence-electron chi connectivity index (χ3n) is 7.15. The van der Waals surface area contributed by atoms with E-state index < -0.39 is 9.84 Å². The highest BCUT2D eigenvalue weighted by molar-refractivity contribution is 7.90. The number of nitrogens with zero attached hydrogens (tertiary/aromatic N) is 5. The first-order valence-electron chi connectivity index (χ1n) is 13.9. The van der Waals surface area contributed by atoms with E-state index >= 15 is 0 Å². The number of morpholine rings is 2. The van der Waals surface area contributed by atoms with E-state index in [-0.39, 0.29) is 29.2 Å². The van der Waals surface area contributed by atoms with Gasteiger partial charge in [0.2, 0.25) is 5.91 Å². The van der Waals surface area contributed by atoms with E-state index in [1.54, 1.807) is 18.3 Å². The largest absolute Gasteiger partial charge is 0.377 e. The summed E-state index contributed by atoms with van der Waals surface area (Å²) in [5.41, 5.74) is 3.58. The number of carbonyl (C=O) groups excluding carboxylic acids is 1. The molecule has 0 aromatic carbocycles. The minimum Gasteiger partial charge on any atom is -0.377 e. The van der Waals surface area contributed by atoms with Gasteiger partial charge in [0.05, 0.1) is 48.7 Å². The summed E-state index contributed by atoms with van der Waals surface area (Å²) in [5.74, 6) is 0.405. The molecule has 2 saturated heterocycles. The van der Waals surface area contributed by atoms with Crippen LogP contribution in [0.3, 0.4) is 0 Å². The Labute approximate surface area is 246 Å². The van der Waals surface area contributed by atoms with Crippen LogP contribution in [0.2, 0.25) is 0 Å². The van der Waals surface area contributed by atoms with Gasteiger partial charge in [-0.15, -0.1) is 0 Å². The van der Waals surface area contributed by atoms with Crippen LogP contribution in [0.5, 0.6) is 0 Å². The van der Waals surface area contributed by atoms with Crippen LogP contribution >= 0.6 is 0 Å². The van der Waals surface area contributed by atoms with Crippen molar-refractivity contribution in [1.29, 1.82) is 0 Å². The van der Waals surface area contributed by atoms with Gasteiger partial charge in [0.1, 0.15) is 11.6 Å². The molecule has 3 atom stereocenters. The van der Waals surface area contributed by atoms with Gasteiger partial charge < -0.3 is 29.9 Å². The van der Waals surface area contributed by atoms with Crippen molar-refractivity contribution in [2.45, 2.75) is 51.0 Å². The summed E-state index contributed by atoms with van der Waals surface area (Å²) in [4.78, 5) is 29.7. The molecule has 3 aromatic heterocycles. The van der Waals surface area contributed by atoms with Crippen molar-refractivity contribution in [3.05, 3.63) is 42.7 Å². The Bertz CT molecular complexity index is 1540. The van der Waals surface area contributed by atoms with Crippen molar-refractivity contribution in [2.24, 2.45) is 0 Å². The number of nitrogens with one attached hydrogen (secondary N) is 2. The lowest BCUT2D eigenvalue weighted by molar-refractivity contribution is -0.114. The van der Waals surface area contributed by atoms with E-state index in [0.717, 1.165) is 30.7 Å². The predicted molar refractivity (Wildman–Crippen MR) is 162 cm³/mol. The topological polar surface area (TPSA) is 139 Å². The average molecular weight is 596 g/mol. The number of hydrogen-bond acceptors (Lipinski definition) is 11. The molecule has 0 bridgehead atoms. The Morgan fingerprint density at radius 2 is 1.76 bits per heavy atom. The molecule has 3 aromatic rings. The highest BCUT2D eigenvalue weighted by Crippen LogP contribution is 2.33. The average Bonchev–Trinajstić information content (AvgIpc) is 2.92. The highest BCUT2D eigenvalue weighted by atomic mass is 32.2. The second-order valence-corrected chi connectivity index (χ2v) is 12.9. The summed E-state index contributed by atoms with van der Waals surface area (Å²) in [7, 11) is -3.61. The minimum atomic E-state index is -3.61. The maximum atomic E-state index is 12.6. The Kier molecular flexibility index (Phi) is 8.62. The Morgan fingerprint density at radius 3 is 2.40 bits per heavy atom. The van der Waals surface area contributed by atoms with Gasteiger partial charge in [-0.25, -0.2) is 18.4 Å². The third-order valence-corrected chi connectivity index (χ3v) is 8.11. The molecule has 42 heavy (non-hydrogen) atoms. The van der Waals surface area contributed by atoms with Crippen LogP contribution in [0.1, 0.15) is 27.7 Å². The van der Waals surface area contributed by atoms with E-state index in [2.05, 4.69) is 44.2 Å². The van der Waals surface area contributed by atoms with Crippen molar-refractivity contribution < 1.29 is 22.7 Å². The van der Waals surface area contributed by atoms with E-state index in [9.17, 15) is 13.2 Å². The fraction of sp³-hybridized carbons (Fsp3) is 0.448. The molecule has 5 heterocycles. The van der Waals surface area contributed by atoms with E-state index in [1.165, 1.54) is 6.92 Å². The molecule has 2 aliphatic heterocycles. The lowest BCUT2D eigenvalue weighted by Crippen LogP contribution is -2.45. The van der Waals surface area contributed by atoms with Crippen LogP contribution in [0.25, 0.3) is 11.3 Å². The fourth-order valence-corrected chi connectivity index (χ4v) is 5.89. The normalized spacial score (nSPS) is 21.2. The summed E-state index contributed by atoms with van der Waals surface area (Å²) in [6.45, 7) is 10.8. The second kappa shape index (κ2) is 12.2. The summed E-state index contributed by atoms with van der Waals surface area (Å²) < 4.78 is 36.7. The first-order valence-corrected chi connectivity index (χ1v) is 15.8. The summed E-state index contributed by atoms with van der Waals surface area (Å²) >= 11 is 0. The SMILES string of the molecule is CC(=O)Nc1cc(Nc2cc(N3CCOC[C@@H]3C)cc(S(C)(=O)=O)n2)c(-c2ccc(N3C[C@@H](C)O[C@@H](C)C3)cn2)cn1. The first kappa shape index (κ1) is 29.7. The Morgan fingerprint density at radius 1 is 1.00 bits per heavy atom. The molecule has 12 nitrogen and oxygen atoms in total. The monoisotopic (exact) mass is 595 g/mol. The molecule has 224 valence electrons. The number of hydrogen-bond donors (Lipinski definition) is 2. The molecule has 2 aliphatic rings. The van der Waals surface area contributed by atoms with Gasteiger partial charge in [-0.3, -0.25) is 9.78 Å². The molecule has 0 radical (unpaired) electrons. The molecule has 0 spiro atoms. The molecule has 0 aliphatic carbocycles. The molecule has 0 saturated carbocycles. The third kappa shape index (κ3) is 6.97. The minimum absolute atomic E-state index is 0.0460. The molecule has 13 heteroatoms. The summed E-state index contributed by atoms with van der Waals surface area (Å²) in [6, 6.07) is 9.08. The van der Waals surface area contributed by atoms with E-state index in [0.29, 0.717) is 48.3 Å². The van der Waals surface area contributed by atoms with Crippen molar-refractivity contribution in [2.75, 3.05) is 59.5 Å². The van der Waals surface area contributed by atoms with Gasteiger partial charge in [-0.1, -0.05) is 0 Å². The van der Waals surface area contributed by atoms with Crippen LogP contribution in [0.15, 0.2) is 47.8 Å². The van der Waals surface area contributed by atoms with Gasteiger partial charge >= 0.3 is 0 Å². The van der Waals surface area contributed by atoms with Crippen molar-refractivity contribution in [3.63, 3.8) is 0 Å². The summed E-state index contributed by atoms with van der Waals surface area (Å²) in [5, 5.41) is 5.95. The molecule has 2 N–H and O–H groups in total. The van der Waals surface area contributed by atoms with Crippen LogP contribution in [-0.4, -0.2) is 86.6 Å².